The molecule has 5 aliphatic rings. The number of hydrogen-bond donors (Lipinski definition) is 5. The third-order valence-electron chi connectivity index (χ3n) is 18.6. The molecule has 5 aromatic carbocycles. The van der Waals surface area contributed by atoms with E-state index in [2.05, 4.69) is 46.5 Å². The van der Waals surface area contributed by atoms with Crippen LogP contribution in [0, 0.1) is 22.0 Å². The van der Waals surface area contributed by atoms with Crippen LogP contribution in [-0.2, 0) is 56.4 Å². The maximum Gasteiger partial charge on any atom is 0.293 e. The lowest BCUT2D eigenvalue weighted by molar-refractivity contribution is -0.384. The summed E-state index contributed by atoms with van der Waals surface area (Å²) in [7, 11) is -4.63. The number of fused-ring (bicyclic) bond motifs is 2. The van der Waals surface area contributed by atoms with Gasteiger partial charge >= 0.3 is 0 Å². The minimum atomic E-state index is -4.63. The summed E-state index contributed by atoms with van der Waals surface area (Å²) in [6.45, 7) is 9.34. The Balaban J connectivity index is 0.596. The average Bonchev–Trinajstić information content (AvgIpc) is 1.68. The molecule has 4 saturated heterocycles. The number of nitro benzene ring substituents is 1. The number of amides is 5. The summed E-state index contributed by atoms with van der Waals surface area (Å²) in [6, 6.07) is 30.7. The number of carbonyl (C=O) groups is 5. The highest BCUT2D eigenvalue weighted by atomic mass is 35.5. The molecule has 0 saturated carbocycles. The molecule has 1 unspecified atom stereocenters. The Labute approximate surface area is 578 Å². The summed E-state index contributed by atoms with van der Waals surface area (Å²) in [6.07, 6.45) is 7.19. The van der Waals surface area contributed by atoms with Crippen LogP contribution in [0.5, 0.6) is 17.2 Å². The van der Waals surface area contributed by atoms with Gasteiger partial charge in [0.05, 0.1) is 74.2 Å². The quantitative estimate of drug-likeness (QED) is 0.0121. The zero-order chi connectivity index (χ0) is 68.8. The third kappa shape index (κ3) is 17.6. The Morgan fingerprint density at radius 3 is 2.27 bits per heavy atom. The standard InChI is InChI=1S/C71H80ClN11O15S/c72-51-9-7-49(8-10-51)55-3-2-6-64(97-46-48-18-25-81(26-19-48)67(85)22-33-94-35-37-96-38-36-95-34-24-73-60-5-1-4-56-58(60)45-82(71(56)88)62-15-16-66(84)77-70(62)87)59(55)44-79-27-29-80(30-28-79)52-11-13-57(65(40-52)98-53-39-50-17-23-74-68(50)76-43-53)69(86)78-99(91,92)54-12-14-61(63(41-54)83(89)90)75-42-47-20-31-93-32-21-47/h1-14,17,23,39-41,43,47-48,62,73,75H,15-16,18-22,24-38,42,44-46H2,(H,74,76)(H,78,86)(H,77,84,87). The van der Waals surface area contributed by atoms with E-state index in [1.165, 1.54) is 29.3 Å². The van der Waals surface area contributed by atoms with E-state index in [4.69, 9.17) is 40.0 Å². The van der Waals surface area contributed by atoms with Gasteiger partial charge in [-0.2, -0.15) is 0 Å². The second-order valence-electron chi connectivity index (χ2n) is 25.1. The number of pyridine rings is 1. The number of carbonyl (C=O) groups excluding carboxylic acids is 5. The Morgan fingerprint density at radius 1 is 0.758 bits per heavy atom. The third-order valence-corrected chi connectivity index (χ3v) is 20.2. The zero-order valence-corrected chi connectivity index (χ0v) is 56.3. The molecule has 12 rings (SSSR count). The molecule has 0 aliphatic carbocycles. The molecular weight excluding hydrogens is 1310 g/mol. The maximum atomic E-state index is 14.2. The van der Waals surface area contributed by atoms with Crippen LogP contribution in [-0.4, -0.2) is 185 Å². The topological polar surface area (TPSA) is 308 Å². The number of nitrogens with zero attached hydrogens (tertiary/aromatic N) is 6. The zero-order valence-electron chi connectivity index (χ0n) is 54.8. The molecule has 99 heavy (non-hydrogen) atoms. The predicted octanol–water partition coefficient (Wildman–Crippen LogP) is 8.79. The van der Waals surface area contributed by atoms with E-state index in [1.807, 2.05) is 53.4 Å². The number of imide groups is 1. The predicted molar refractivity (Wildman–Crippen MR) is 370 cm³/mol. The largest absolute Gasteiger partial charge is 0.493 e. The fourth-order valence-electron chi connectivity index (χ4n) is 13.1. The number of hydrogen-bond acceptors (Lipinski definition) is 20. The molecule has 7 aromatic rings. The molecule has 7 heterocycles. The fraction of sp³-hybridized carbons (Fsp3) is 0.408. The van der Waals surface area contributed by atoms with Gasteiger partial charge < -0.3 is 58.7 Å². The van der Waals surface area contributed by atoms with Crippen LogP contribution in [0.25, 0.3) is 22.2 Å². The highest BCUT2D eigenvalue weighted by Crippen LogP contribution is 2.38. The molecule has 0 spiro atoms. The van der Waals surface area contributed by atoms with Gasteiger partial charge in [-0.25, -0.2) is 18.1 Å². The summed E-state index contributed by atoms with van der Waals surface area (Å²) >= 11 is 6.38. The number of likely N-dealkylation sites (tertiary alicyclic amines) is 1. The molecule has 26 nitrogen and oxygen atoms in total. The highest BCUT2D eigenvalue weighted by molar-refractivity contribution is 7.90. The number of piperidine rings is 2. The van der Waals surface area contributed by atoms with Gasteiger partial charge in [0.2, 0.25) is 17.7 Å². The Hall–Kier alpha value is -9.22. The summed E-state index contributed by atoms with van der Waals surface area (Å²) < 4.78 is 65.7. The van der Waals surface area contributed by atoms with Crippen LogP contribution >= 0.6 is 11.6 Å². The SMILES string of the molecule is O=C1CCC(N2Cc3c(NCCOCCOCCOCCC(=O)N4CCC(COc5cccc(-c6ccc(Cl)cc6)c5CN5CCN(c6ccc(C(=O)NS(=O)(=O)c7ccc(NCC8CCOCC8)c([N+](=O)[O-])c7)c(Oc7cnc8[nH]ccc8c7)c6)CC5)CC4)cccc3C2=O)C(=O)N1. The van der Waals surface area contributed by atoms with Crippen LogP contribution in [0.3, 0.4) is 0 Å². The summed E-state index contributed by atoms with van der Waals surface area (Å²) in [4.78, 5) is 91.3. The first-order chi connectivity index (χ1) is 48.1. The highest BCUT2D eigenvalue weighted by Gasteiger charge is 2.40. The molecule has 2 aromatic heterocycles. The van der Waals surface area contributed by atoms with Gasteiger partial charge in [-0.15, -0.1) is 0 Å². The number of rotatable bonds is 30. The number of aromatic amines is 1. The number of ether oxygens (including phenoxy) is 6. The van der Waals surface area contributed by atoms with Crippen LogP contribution in [0.4, 0.5) is 22.7 Å². The van der Waals surface area contributed by atoms with Crippen molar-refractivity contribution < 1.29 is 65.7 Å². The second-order valence-corrected chi connectivity index (χ2v) is 27.2. The number of aromatic nitrogens is 2. The van der Waals surface area contributed by atoms with E-state index >= 15 is 0 Å². The fourth-order valence-corrected chi connectivity index (χ4v) is 14.2. The Kier molecular flexibility index (Phi) is 23.0. The number of nitrogens with one attached hydrogen (secondary N) is 5. The van der Waals surface area contributed by atoms with Crippen molar-refractivity contribution in [2.24, 2.45) is 11.8 Å². The van der Waals surface area contributed by atoms with Crippen LogP contribution in [0.1, 0.15) is 76.8 Å². The minimum Gasteiger partial charge on any atom is -0.493 e. The van der Waals surface area contributed by atoms with Crippen LogP contribution < -0.4 is 35.0 Å². The van der Waals surface area contributed by atoms with Gasteiger partial charge in [-0.3, -0.25) is 44.3 Å². The van der Waals surface area contributed by atoms with E-state index in [0.717, 1.165) is 76.5 Å². The monoisotopic (exact) mass is 1390 g/mol. The van der Waals surface area contributed by atoms with Crippen molar-refractivity contribution in [1.82, 2.24) is 34.7 Å². The van der Waals surface area contributed by atoms with E-state index < -0.39 is 43.4 Å². The van der Waals surface area contributed by atoms with Gasteiger partial charge in [-0.1, -0.05) is 41.9 Å². The molecule has 28 heteroatoms. The van der Waals surface area contributed by atoms with Gasteiger partial charge in [0.1, 0.15) is 34.6 Å². The summed E-state index contributed by atoms with van der Waals surface area (Å²) in [5.41, 5.74) is 6.18. The number of sulfonamides is 1. The van der Waals surface area contributed by atoms with Crippen molar-refractivity contribution in [3.63, 3.8) is 0 Å². The summed E-state index contributed by atoms with van der Waals surface area (Å²) in [5, 5.41) is 22.4. The van der Waals surface area contributed by atoms with Crippen molar-refractivity contribution in [2.45, 2.75) is 69.0 Å². The Morgan fingerprint density at radius 2 is 1.51 bits per heavy atom. The van der Waals surface area contributed by atoms with Crippen molar-refractivity contribution in [2.75, 3.05) is 127 Å². The normalized spacial score (nSPS) is 17.2. The van der Waals surface area contributed by atoms with Crippen molar-refractivity contribution in [1.29, 1.82) is 0 Å². The lowest BCUT2D eigenvalue weighted by Gasteiger charge is -2.37. The number of piperazine rings is 1. The number of halogens is 1. The van der Waals surface area contributed by atoms with E-state index in [0.29, 0.717) is 140 Å². The van der Waals surface area contributed by atoms with Gasteiger partial charge in [0.25, 0.3) is 27.5 Å². The second kappa shape index (κ2) is 32.6. The molecule has 4 fully saturated rings. The van der Waals surface area contributed by atoms with Crippen molar-refractivity contribution in [3.8, 4) is 28.4 Å². The molecule has 0 bridgehead atoms. The smallest absolute Gasteiger partial charge is 0.293 e. The van der Waals surface area contributed by atoms with E-state index in [1.54, 1.807) is 36.5 Å². The van der Waals surface area contributed by atoms with E-state index in [-0.39, 0.29) is 72.6 Å². The van der Waals surface area contributed by atoms with Gasteiger partial charge in [0.15, 0.2) is 0 Å². The maximum absolute atomic E-state index is 14.2. The minimum absolute atomic E-state index is 0.0456. The summed E-state index contributed by atoms with van der Waals surface area (Å²) in [5.74, 6) is -0.324. The lowest BCUT2D eigenvalue weighted by Crippen LogP contribution is -2.52. The molecule has 5 amide bonds. The van der Waals surface area contributed by atoms with Gasteiger partial charge in [0, 0.05) is 142 Å². The first-order valence-electron chi connectivity index (χ1n) is 33.5. The van der Waals surface area contributed by atoms with Gasteiger partial charge in [-0.05, 0) is 122 Å². The number of anilines is 3. The first-order valence-corrected chi connectivity index (χ1v) is 35.4. The van der Waals surface area contributed by atoms with Crippen LogP contribution in [0.15, 0.2) is 126 Å². The molecule has 522 valence electrons. The van der Waals surface area contributed by atoms with E-state index in [9.17, 15) is 42.5 Å². The number of benzene rings is 5. The van der Waals surface area contributed by atoms with Crippen molar-refractivity contribution >= 4 is 84.9 Å². The molecule has 1 atom stereocenters. The molecule has 5 aliphatic heterocycles. The lowest BCUT2D eigenvalue weighted by atomic mass is 9.96. The first kappa shape index (κ1) is 69.7. The molecular formula is C71H80ClN11O15S. The van der Waals surface area contributed by atoms with Crippen molar-refractivity contribution in [3.05, 3.63) is 159 Å². The number of H-pyrrole nitrogens is 1. The van der Waals surface area contributed by atoms with Crippen LogP contribution in [0.2, 0.25) is 5.02 Å². The number of nitro groups is 1. The molecule has 0 radical (unpaired) electrons. The Bertz CT molecular complexity index is 4180. The molecule has 5 N–H and O–H groups in total. The average molecular weight is 1400 g/mol.